The average Bonchev–Trinajstić information content (AvgIpc) is 2.70. The molecule has 0 atom stereocenters. The maximum absolute atomic E-state index is 10.8. The van der Waals surface area contributed by atoms with E-state index in [0.717, 1.165) is 16.5 Å². The summed E-state index contributed by atoms with van der Waals surface area (Å²) >= 11 is 0. The second kappa shape index (κ2) is 5.00. The molecule has 2 rings (SSSR count). The average molecular weight is 248 g/mol. The zero-order valence-corrected chi connectivity index (χ0v) is 10.4. The summed E-state index contributed by atoms with van der Waals surface area (Å²) in [5, 5.41) is 13.4. The Hall–Kier alpha value is -2.17. The Bertz CT molecular complexity index is 575. The van der Waals surface area contributed by atoms with E-state index in [0.29, 0.717) is 18.7 Å². The summed E-state index contributed by atoms with van der Waals surface area (Å²) in [6, 6.07) is 3.43. The Morgan fingerprint density at radius 3 is 2.94 bits per heavy atom. The van der Waals surface area contributed by atoms with Gasteiger partial charge in [-0.15, -0.1) is 0 Å². The van der Waals surface area contributed by atoms with Crippen LogP contribution in [0.1, 0.15) is 12.5 Å². The molecule has 1 amide bonds. The van der Waals surface area contributed by atoms with Crippen molar-refractivity contribution in [3.63, 3.8) is 0 Å². The second-order valence-corrected chi connectivity index (χ2v) is 4.12. The molecule has 3 N–H and O–H groups in total. The molecule has 0 saturated heterocycles. The zero-order chi connectivity index (χ0) is 13.1. The van der Waals surface area contributed by atoms with Gasteiger partial charge in [-0.05, 0) is 18.1 Å². The minimum absolute atomic E-state index is 0.0423. The number of aromatic hydroxyl groups is 1. The Morgan fingerprint density at radius 1 is 1.50 bits per heavy atom. The Morgan fingerprint density at radius 2 is 2.28 bits per heavy atom. The normalized spacial score (nSPS) is 10.6. The SMILES string of the molecule is COc1cc2[nH]cc(CCNC(C)=O)c2cc1O. The molecule has 0 radical (unpaired) electrons. The van der Waals surface area contributed by atoms with Gasteiger partial charge in [0.2, 0.25) is 5.91 Å². The van der Waals surface area contributed by atoms with Crippen LogP contribution in [0.25, 0.3) is 10.9 Å². The van der Waals surface area contributed by atoms with Gasteiger partial charge in [-0.3, -0.25) is 4.79 Å². The van der Waals surface area contributed by atoms with Crippen molar-refractivity contribution in [1.29, 1.82) is 0 Å². The van der Waals surface area contributed by atoms with Crippen molar-refractivity contribution in [1.82, 2.24) is 10.3 Å². The van der Waals surface area contributed by atoms with Gasteiger partial charge in [0.1, 0.15) is 0 Å². The van der Waals surface area contributed by atoms with E-state index in [4.69, 9.17) is 4.74 Å². The van der Waals surface area contributed by atoms with Gasteiger partial charge < -0.3 is 20.1 Å². The molecule has 5 heteroatoms. The summed E-state index contributed by atoms with van der Waals surface area (Å²) in [6.07, 6.45) is 2.59. The van der Waals surface area contributed by atoms with E-state index in [9.17, 15) is 9.90 Å². The summed E-state index contributed by atoms with van der Waals surface area (Å²) in [5.41, 5.74) is 1.96. The summed E-state index contributed by atoms with van der Waals surface area (Å²) < 4.78 is 5.05. The van der Waals surface area contributed by atoms with Gasteiger partial charge >= 0.3 is 0 Å². The number of carbonyl (C=O) groups excluding carboxylic acids is 1. The van der Waals surface area contributed by atoms with Crippen LogP contribution < -0.4 is 10.1 Å². The van der Waals surface area contributed by atoms with Crippen molar-refractivity contribution in [2.45, 2.75) is 13.3 Å². The quantitative estimate of drug-likeness (QED) is 0.768. The first-order valence-electron chi connectivity index (χ1n) is 5.73. The number of fused-ring (bicyclic) bond motifs is 1. The van der Waals surface area contributed by atoms with Crippen LogP contribution in [0.3, 0.4) is 0 Å². The molecule has 96 valence electrons. The number of aromatic nitrogens is 1. The third kappa shape index (κ3) is 2.40. The summed E-state index contributed by atoms with van der Waals surface area (Å²) in [4.78, 5) is 13.9. The van der Waals surface area contributed by atoms with Crippen LogP contribution >= 0.6 is 0 Å². The number of ether oxygens (including phenoxy) is 1. The highest BCUT2D eigenvalue weighted by molar-refractivity contribution is 5.86. The molecule has 2 aromatic rings. The molecule has 0 aliphatic carbocycles. The van der Waals surface area contributed by atoms with E-state index in [1.807, 2.05) is 6.20 Å². The number of phenols is 1. The van der Waals surface area contributed by atoms with Gasteiger partial charge in [0, 0.05) is 36.6 Å². The molecule has 1 heterocycles. The zero-order valence-electron chi connectivity index (χ0n) is 10.4. The number of methoxy groups -OCH3 is 1. The lowest BCUT2D eigenvalue weighted by Gasteiger charge is -2.04. The van der Waals surface area contributed by atoms with Gasteiger partial charge in [-0.25, -0.2) is 0 Å². The Labute approximate surface area is 105 Å². The van der Waals surface area contributed by atoms with Gasteiger partial charge in [0.25, 0.3) is 0 Å². The highest BCUT2D eigenvalue weighted by atomic mass is 16.5. The van der Waals surface area contributed by atoms with E-state index in [2.05, 4.69) is 10.3 Å². The molecule has 5 nitrogen and oxygen atoms in total. The lowest BCUT2D eigenvalue weighted by atomic mass is 10.1. The van der Waals surface area contributed by atoms with E-state index in [-0.39, 0.29) is 11.7 Å². The van der Waals surface area contributed by atoms with E-state index >= 15 is 0 Å². The smallest absolute Gasteiger partial charge is 0.216 e. The Balaban J connectivity index is 2.24. The van der Waals surface area contributed by atoms with Crippen LogP contribution in [0, 0.1) is 0 Å². The first-order valence-corrected chi connectivity index (χ1v) is 5.73. The number of nitrogens with one attached hydrogen (secondary N) is 2. The number of carbonyl (C=O) groups is 1. The maximum atomic E-state index is 10.8. The van der Waals surface area contributed by atoms with Gasteiger partial charge in [-0.1, -0.05) is 0 Å². The lowest BCUT2D eigenvalue weighted by Crippen LogP contribution is -2.22. The second-order valence-electron chi connectivity index (χ2n) is 4.12. The topological polar surface area (TPSA) is 74.3 Å². The molecular formula is C13H16N2O3. The van der Waals surface area contributed by atoms with Crippen LogP contribution in [0.15, 0.2) is 18.3 Å². The fourth-order valence-corrected chi connectivity index (χ4v) is 1.94. The molecule has 0 fully saturated rings. The highest BCUT2D eigenvalue weighted by Crippen LogP contribution is 2.32. The molecule has 0 aliphatic heterocycles. The summed E-state index contributed by atoms with van der Waals surface area (Å²) in [6.45, 7) is 2.07. The van der Waals surface area contributed by atoms with Crippen LogP contribution in [0.4, 0.5) is 0 Å². The summed E-state index contributed by atoms with van der Waals surface area (Å²) in [7, 11) is 1.52. The number of rotatable bonds is 4. The highest BCUT2D eigenvalue weighted by Gasteiger charge is 2.09. The Kier molecular flexibility index (Phi) is 3.41. The van der Waals surface area contributed by atoms with Gasteiger partial charge in [0.05, 0.1) is 7.11 Å². The molecule has 0 unspecified atom stereocenters. The third-order valence-electron chi connectivity index (χ3n) is 2.84. The number of phenolic OH excluding ortho intramolecular Hbond substituents is 1. The first-order chi connectivity index (χ1) is 8.61. The van der Waals surface area contributed by atoms with E-state index in [1.165, 1.54) is 14.0 Å². The third-order valence-corrected chi connectivity index (χ3v) is 2.84. The van der Waals surface area contributed by atoms with Crippen LogP contribution in [-0.2, 0) is 11.2 Å². The number of benzene rings is 1. The van der Waals surface area contributed by atoms with Crippen LogP contribution in [-0.4, -0.2) is 29.7 Å². The predicted molar refractivity (Wildman–Crippen MR) is 68.9 cm³/mol. The van der Waals surface area contributed by atoms with Crippen molar-refractivity contribution in [2.24, 2.45) is 0 Å². The molecule has 0 aliphatic rings. The minimum atomic E-state index is -0.0423. The van der Waals surface area contributed by atoms with Crippen LogP contribution in [0.2, 0.25) is 0 Å². The fraction of sp³-hybridized carbons (Fsp3) is 0.308. The van der Waals surface area contributed by atoms with Crippen molar-refractivity contribution in [2.75, 3.05) is 13.7 Å². The molecule has 18 heavy (non-hydrogen) atoms. The molecule has 0 saturated carbocycles. The van der Waals surface area contributed by atoms with Crippen molar-refractivity contribution >= 4 is 16.8 Å². The molecular weight excluding hydrogens is 232 g/mol. The molecule has 1 aromatic carbocycles. The monoisotopic (exact) mass is 248 g/mol. The van der Waals surface area contributed by atoms with E-state index in [1.54, 1.807) is 12.1 Å². The largest absolute Gasteiger partial charge is 0.504 e. The number of hydrogen-bond donors (Lipinski definition) is 3. The number of H-pyrrole nitrogens is 1. The van der Waals surface area contributed by atoms with Gasteiger partial charge in [-0.2, -0.15) is 0 Å². The van der Waals surface area contributed by atoms with Crippen molar-refractivity contribution in [3.8, 4) is 11.5 Å². The molecule has 0 spiro atoms. The van der Waals surface area contributed by atoms with Crippen molar-refractivity contribution in [3.05, 3.63) is 23.9 Å². The predicted octanol–water partition coefficient (Wildman–Crippen LogP) is 1.56. The fourth-order valence-electron chi connectivity index (χ4n) is 1.94. The number of hydrogen-bond acceptors (Lipinski definition) is 3. The maximum Gasteiger partial charge on any atom is 0.216 e. The van der Waals surface area contributed by atoms with Crippen molar-refractivity contribution < 1.29 is 14.6 Å². The van der Waals surface area contributed by atoms with E-state index < -0.39 is 0 Å². The minimum Gasteiger partial charge on any atom is -0.504 e. The molecule has 0 bridgehead atoms. The van der Waals surface area contributed by atoms with Gasteiger partial charge in [0.15, 0.2) is 11.5 Å². The standard InChI is InChI=1S/C13H16N2O3/c1-8(16)14-4-3-9-7-15-11-6-13(18-2)12(17)5-10(9)11/h5-7,15,17H,3-4H2,1-2H3,(H,14,16). The summed E-state index contributed by atoms with van der Waals surface area (Å²) in [5.74, 6) is 0.516. The first kappa shape index (κ1) is 12.3. The number of aromatic amines is 1. The number of amides is 1. The molecule has 1 aromatic heterocycles. The lowest BCUT2D eigenvalue weighted by molar-refractivity contribution is -0.118. The van der Waals surface area contributed by atoms with Crippen LogP contribution in [0.5, 0.6) is 11.5 Å².